The monoisotopic (exact) mass is 178 g/mol. The zero-order valence-corrected chi connectivity index (χ0v) is 6.08. The average Bonchev–Trinajstić information content (AvgIpc) is 1.35. The molecule has 0 unspecified atom stereocenters. The molecule has 10 heavy (non-hydrogen) atoms. The maximum absolute atomic E-state index is 9.22. The number of hydrogen-bond donors (Lipinski definition) is 0. The van der Waals surface area contributed by atoms with Crippen molar-refractivity contribution in [2.75, 3.05) is 7.11 Å². The first-order chi connectivity index (χ1) is 2.56. The minimum Gasteiger partial charge on any atom is -0.726 e. The van der Waals surface area contributed by atoms with Crippen LogP contribution in [0, 0.1) is 0 Å². The number of hydrogen-bond acceptors (Lipinski definition) is 4. The molecule has 4 nitrogen and oxygen atoms in total. The van der Waals surface area contributed by atoms with Gasteiger partial charge in [0.05, 0.1) is 7.11 Å². The summed E-state index contributed by atoms with van der Waals surface area (Å²) in [6.07, 6.45) is 0. The van der Waals surface area contributed by atoms with Crippen molar-refractivity contribution in [1.82, 2.24) is 0 Å². The SMILES string of the molecule is COS(=O)(=O)[O-].F.F.F.[Li+]. The van der Waals surface area contributed by atoms with Crippen molar-refractivity contribution in [3.63, 3.8) is 0 Å². The standard InChI is InChI=1S/CH4O4S.3FH.Li/c1-5-6(2,3)4;;;;/h1H3,(H,2,3,4);3*1H;/q;;;;+1/p-1. The normalized spacial score (nSPS) is 7.00. The fourth-order valence-electron chi connectivity index (χ4n) is 0. The summed E-state index contributed by atoms with van der Waals surface area (Å²) in [7, 11) is -3.60. The molecule has 0 saturated carbocycles. The van der Waals surface area contributed by atoms with Crippen LogP contribution in [0.25, 0.3) is 0 Å². The summed E-state index contributed by atoms with van der Waals surface area (Å²) in [5.74, 6) is 0. The van der Waals surface area contributed by atoms with Crippen molar-refractivity contribution in [3.8, 4) is 0 Å². The molecule has 0 aliphatic carbocycles. The molecule has 0 aromatic rings. The Morgan fingerprint density at radius 1 is 1.20 bits per heavy atom. The molecule has 0 bridgehead atoms. The molecule has 0 aromatic carbocycles. The molecular weight excluding hydrogens is 172 g/mol. The molecule has 0 aliphatic rings. The second-order valence-electron chi connectivity index (χ2n) is 0.575. The van der Waals surface area contributed by atoms with Gasteiger partial charge in [-0.1, -0.05) is 0 Å². The summed E-state index contributed by atoms with van der Waals surface area (Å²) >= 11 is 0. The third kappa shape index (κ3) is 41.0. The second kappa shape index (κ2) is 12.0. The fraction of sp³-hybridized carbons (Fsp3) is 1.00. The molecule has 0 heterocycles. The van der Waals surface area contributed by atoms with E-state index in [1.165, 1.54) is 0 Å². The number of rotatable bonds is 1. The van der Waals surface area contributed by atoms with E-state index in [1.807, 2.05) is 0 Å². The van der Waals surface area contributed by atoms with Gasteiger partial charge < -0.3 is 4.55 Å². The van der Waals surface area contributed by atoms with Crippen LogP contribution in [0.1, 0.15) is 0 Å². The van der Waals surface area contributed by atoms with E-state index < -0.39 is 10.4 Å². The van der Waals surface area contributed by atoms with Gasteiger partial charge >= 0.3 is 18.9 Å². The van der Waals surface area contributed by atoms with E-state index >= 15 is 0 Å². The molecule has 0 amide bonds. The van der Waals surface area contributed by atoms with Crippen LogP contribution in [0.3, 0.4) is 0 Å². The zero-order chi connectivity index (χ0) is 5.21. The summed E-state index contributed by atoms with van der Waals surface area (Å²) in [6, 6.07) is 0. The second-order valence-corrected chi connectivity index (χ2v) is 1.72. The molecule has 0 rings (SSSR count). The predicted molar refractivity (Wildman–Crippen MR) is 24.2 cm³/mol. The Bertz CT molecular complexity index is 122. The van der Waals surface area contributed by atoms with Crippen LogP contribution in [0.15, 0.2) is 0 Å². The summed E-state index contributed by atoms with van der Waals surface area (Å²) in [6.45, 7) is 0. The predicted octanol–water partition coefficient (Wildman–Crippen LogP) is -3.45. The van der Waals surface area contributed by atoms with Gasteiger partial charge in [0, 0.05) is 0 Å². The van der Waals surface area contributed by atoms with Crippen molar-refractivity contribution in [2.24, 2.45) is 0 Å². The molecule has 0 N–H and O–H groups in total. The van der Waals surface area contributed by atoms with Crippen LogP contribution in [0.2, 0.25) is 0 Å². The zero-order valence-electron chi connectivity index (χ0n) is 5.27. The van der Waals surface area contributed by atoms with Crippen LogP contribution in [-0.4, -0.2) is 20.1 Å². The minimum absolute atomic E-state index is 0. The molecule has 0 aliphatic heterocycles. The minimum atomic E-state index is -4.41. The number of halogens is 3. The van der Waals surface area contributed by atoms with Gasteiger partial charge in [-0.2, -0.15) is 0 Å². The maximum atomic E-state index is 9.22. The topological polar surface area (TPSA) is 66.4 Å². The van der Waals surface area contributed by atoms with E-state index in [-0.39, 0.29) is 33.0 Å². The van der Waals surface area contributed by atoms with Gasteiger partial charge in [0.2, 0.25) is 10.4 Å². The van der Waals surface area contributed by atoms with Crippen LogP contribution in [-0.2, 0) is 14.6 Å². The van der Waals surface area contributed by atoms with Crippen molar-refractivity contribution in [1.29, 1.82) is 0 Å². The molecule has 0 spiro atoms. The van der Waals surface area contributed by atoms with E-state index in [0.29, 0.717) is 0 Å². The first-order valence-electron chi connectivity index (χ1n) is 1.07. The summed E-state index contributed by atoms with van der Waals surface area (Å²) in [5.41, 5.74) is 0. The van der Waals surface area contributed by atoms with Gasteiger partial charge in [-0.3, -0.25) is 18.3 Å². The average molecular weight is 178 g/mol. The fourth-order valence-corrected chi connectivity index (χ4v) is 0. The summed E-state index contributed by atoms with van der Waals surface area (Å²) in [5, 5.41) is 0. The maximum Gasteiger partial charge on any atom is 1.00 e. The Morgan fingerprint density at radius 3 is 1.30 bits per heavy atom. The largest absolute Gasteiger partial charge is 1.00 e. The Balaban J connectivity index is -0.0000000208. The Hall–Kier alpha value is 0.257. The molecule has 0 fully saturated rings. The first-order valence-corrected chi connectivity index (χ1v) is 2.41. The molecule has 0 saturated heterocycles. The van der Waals surface area contributed by atoms with E-state index in [1.54, 1.807) is 0 Å². The van der Waals surface area contributed by atoms with Crippen molar-refractivity contribution < 1.29 is 50.1 Å². The third-order valence-corrected chi connectivity index (χ3v) is 0.612. The van der Waals surface area contributed by atoms with E-state index in [2.05, 4.69) is 4.18 Å². The van der Waals surface area contributed by atoms with Crippen LogP contribution >= 0.6 is 0 Å². The van der Waals surface area contributed by atoms with Crippen LogP contribution in [0.4, 0.5) is 14.1 Å². The Labute approximate surface area is 68.2 Å². The third-order valence-electron chi connectivity index (χ3n) is 0.204. The van der Waals surface area contributed by atoms with E-state index in [0.717, 1.165) is 7.11 Å². The van der Waals surface area contributed by atoms with Gasteiger partial charge in [-0.05, 0) is 0 Å². The van der Waals surface area contributed by atoms with Crippen molar-refractivity contribution in [3.05, 3.63) is 0 Å². The smallest absolute Gasteiger partial charge is 0.726 e. The van der Waals surface area contributed by atoms with E-state index in [9.17, 15) is 13.0 Å². The van der Waals surface area contributed by atoms with Gasteiger partial charge in [0.15, 0.2) is 0 Å². The molecule has 0 atom stereocenters. The quantitative estimate of drug-likeness (QED) is 0.238. The molecule has 62 valence electrons. The molecule has 0 aromatic heterocycles. The molecule has 9 heteroatoms. The van der Waals surface area contributed by atoms with Crippen LogP contribution in [0.5, 0.6) is 0 Å². The Kier molecular flexibility index (Phi) is 38.1. The molecular formula is CH6F3LiO4S. The summed E-state index contributed by atoms with van der Waals surface area (Å²) < 4.78 is 31.0. The van der Waals surface area contributed by atoms with Gasteiger partial charge in [-0.15, -0.1) is 0 Å². The van der Waals surface area contributed by atoms with Gasteiger partial charge in [0.1, 0.15) is 0 Å². The van der Waals surface area contributed by atoms with Gasteiger partial charge in [-0.25, -0.2) is 8.42 Å². The Morgan fingerprint density at radius 2 is 1.30 bits per heavy atom. The first kappa shape index (κ1) is 31.8. The summed E-state index contributed by atoms with van der Waals surface area (Å²) in [4.78, 5) is 0. The van der Waals surface area contributed by atoms with Crippen LogP contribution < -0.4 is 18.9 Å². The molecule has 0 radical (unpaired) electrons. The van der Waals surface area contributed by atoms with Crippen molar-refractivity contribution in [2.45, 2.75) is 0 Å². The van der Waals surface area contributed by atoms with Crippen molar-refractivity contribution >= 4 is 10.4 Å². The van der Waals surface area contributed by atoms with Gasteiger partial charge in [0.25, 0.3) is 0 Å². The van der Waals surface area contributed by atoms with E-state index in [4.69, 9.17) is 0 Å².